The van der Waals surface area contributed by atoms with Gasteiger partial charge < -0.3 is 5.21 Å². The summed E-state index contributed by atoms with van der Waals surface area (Å²) < 4.78 is 1.09. The van der Waals surface area contributed by atoms with Gasteiger partial charge in [0.1, 0.15) is 0 Å². The molecule has 0 radical (unpaired) electrons. The lowest BCUT2D eigenvalue weighted by atomic mass is 9.98. The van der Waals surface area contributed by atoms with Gasteiger partial charge in [0.05, 0.1) is 0 Å². The van der Waals surface area contributed by atoms with E-state index in [-0.39, 0.29) is 0 Å². The molecular weight excluding hydrogens is 290 g/mol. The van der Waals surface area contributed by atoms with Crippen molar-refractivity contribution in [2.24, 2.45) is 5.16 Å². The summed E-state index contributed by atoms with van der Waals surface area (Å²) in [5, 5.41) is 11.6. The molecule has 0 saturated heterocycles. The highest BCUT2D eigenvalue weighted by Gasteiger charge is 2.02. The molecule has 0 saturated carbocycles. The molecule has 0 aromatic heterocycles. The smallest absolute Gasteiger partial charge is 0.0479 e. The van der Waals surface area contributed by atoms with Crippen molar-refractivity contribution in [1.29, 1.82) is 0 Å². The Morgan fingerprint density at radius 2 is 1.67 bits per heavy atom. The van der Waals surface area contributed by atoms with Crippen molar-refractivity contribution >= 4 is 22.1 Å². The van der Waals surface area contributed by atoms with Crippen LogP contribution in [0, 0.1) is 0 Å². The molecule has 18 heavy (non-hydrogen) atoms. The summed E-state index contributed by atoms with van der Waals surface area (Å²) in [6.45, 7) is 0. The summed E-state index contributed by atoms with van der Waals surface area (Å²) in [5.41, 5.74) is 3.73. The summed E-state index contributed by atoms with van der Waals surface area (Å²) in [6.07, 6.45) is 3.06. The first kappa shape index (κ1) is 12.8. The lowest BCUT2D eigenvalue weighted by molar-refractivity contribution is 0.321. The minimum absolute atomic E-state index is 0.656. The molecule has 0 atom stereocenters. The molecule has 2 aromatic rings. The molecule has 0 aliphatic rings. The van der Waals surface area contributed by atoms with Gasteiger partial charge in [-0.25, -0.2) is 0 Å². The van der Waals surface area contributed by atoms with E-state index in [9.17, 15) is 0 Å². The monoisotopic (exact) mass is 303 g/mol. The first-order valence-electron chi connectivity index (χ1n) is 5.76. The molecule has 0 aliphatic heterocycles. The van der Waals surface area contributed by atoms with Crippen LogP contribution in [0.1, 0.15) is 16.7 Å². The lowest BCUT2D eigenvalue weighted by Crippen LogP contribution is -1.96. The van der Waals surface area contributed by atoms with Crippen LogP contribution in [0.2, 0.25) is 0 Å². The zero-order valence-electron chi connectivity index (χ0n) is 9.88. The predicted octanol–water partition coefficient (Wildman–Crippen LogP) is 4.04. The van der Waals surface area contributed by atoms with Gasteiger partial charge in [0.25, 0.3) is 0 Å². The molecule has 0 heterocycles. The van der Waals surface area contributed by atoms with Crippen LogP contribution < -0.4 is 0 Å². The van der Waals surface area contributed by atoms with Crippen molar-refractivity contribution in [1.82, 2.24) is 0 Å². The summed E-state index contributed by atoms with van der Waals surface area (Å²) in [6, 6.07) is 16.5. The summed E-state index contributed by atoms with van der Waals surface area (Å²) in [5.74, 6) is 0. The van der Waals surface area contributed by atoms with E-state index in [1.165, 1.54) is 22.9 Å². The average molecular weight is 304 g/mol. The number of halogens is 1. The van der Waals surface area contributed by atoms with E-state index in [1.807, 2.05) is 24.3 Å². The fourth-order valence-corrected chi connectivity index (χ4v) is 2.15. The predicted molar refractivity (Wildman–Crippen MR) is 77.4 cm³/mol. The van der Waals surface area contributed by atoms with Crippen molar-refractivity contribution in [3.05, 3.63) is 69.7 Å². The van der Waals surface area contributed by atoms with E-state index < -0.39 is 0 Å². The van der Waals surface area contributed by atoms with Crippen LogP contribution in [0.5, 0.6) is 0 Å². The van der Waals surface area contributed by atoms with Gasteiger partial charge in [0.15, 0.2) is 0 Å². The molecular formula is C15H14BrNO. The maximum Gasteiger partial charge on any atom is 0.0479 e. The molecule has 1 N–H and O–H groups in total. The van der Waals surface area contributed by atoms with Gasteiger partial charge in [-0.2, -0.15) is 0 Å². The van der Waals surface area contributed by atoms with Crippen LogP contribution in [0.3, 0.4) is 0 Å². The Morgan fingerprint density at radius 3 is 2.33 bits per heavy atom. The number of rotatable bonds is 4. The van der Waals surface area contributed by atoms with Gasteiger partial charge in [-0.15, -0.1) is 5.16 Å². The zero-order valence-corrected chi connectivity index (χ0v) is 11.5. The molecule has 0 fully saturated rings. The third kappa shape index (κ3) is 3.44. The van der Waals surface area contributed by atoms with Gasteiger partial charge in [-0.1, -0.05) is 52.3 Å². The molecule has 0 spiro atoms. The highest BCUT2D eigenvalue weighted by molar-refractivity contribution is 9.10. The first-order chi connectivity index (χ1) is 8.79. The molecule has 0 aliphatic carbocycles. The van der Waals surface area contributed by atoms with Crippen molar-refractivity contribution < 1.29 is 5.21 Å². The quantitative estimate of drug-likeness (QED) is 0.516. The van der Waals surface area contributed by atoms with E-state index in [0.29, 0.717) is 6.42 Å². The van der Waals surface area contributed by atoms with Gasteiger partial charge in [0.2, 0.25) is 0 Å². The number of hydrogen-bond acceptors (Lipinski definition) is 2. The van der Waals surface area contributed by atoms with Gasteiger partial charge in [-0.05, 0) is 35.2 Å². The van der Waals surface area contributed by atoms with Crippen LogP contribution in [0.25, 0.3) is 0 Å². The Bertz CT molecular complexity index is 534. The summed E-state index contributed by atoms with van der Waals surface area (Å²) in [7, 11) is 0. The summed E-state index contributed by atoms with van der Waals surface area (Å²) in [4.78, 5) is 0. The van der Waals surface area contributed by atoms with E-state index in [4.69, 9.17) is 5.21 Å². The third-order valence-electron chi connectivity index (χ3n) is 2.82. The Labute approximate surface area is 115 Å². The molecule has 2 aromatic carbocycles. The second-order valence-electron chi connectivity index (χ2n) is 4.07. The average Bonchev–Trinajstić information content (AvgIpc) is 2.40. The van der Waals surface area contributed by atoms with Crippen molar-refractivity contribution in [3.8, 4) is 0 Å². The highest BCUT2D eigenvalue weighted by Crippen LogP contribution is 2.17. The van der Waals surface area contributed by atoms with E-state index in [2.05, 4.69) is 45.4 Å². The maximum atomic E-state index is 8.50. The maximum absolute atomic E-state index is 8.50. The largest absolute Gasteiger partial charge is 0.411 e. The van der Waals surface area contributed by atoms with Gasteiger partial charge >= 0.3 is 0 Å². The third-order valence-corrected chi connectivity index (χ3v) is 3.35. The Hall–Kier alpha value is -1.61. The number of hydrogen-bond donors (Lipinski definition) is 1. The normalized spacial score (nSPS) is 10.9. The molecule has 92 valence electrons. The van der Waals surface area contributed by atoms with Crippen LogP contribution in [0.4, 0.5) is 0 Å². The zero-order chi connectivity index (χ0) is 12.8. The van der Waals surface area contributed by atoms with Crippen LogP contribution in [0.15, 0.2) is 58.2 Å². The standard InChI is InChI=1S/C15H14BrNO/c16-15-7-5-12(6-8-15)11-14-4-2-1-3-13(14)9-10-17-18/h1-8,10,18H,9,11H2. The Morgan fingerprint density at radius 1 is 1.00 bits per heavy atom. The molecule has 0 amide bonds. The molecule has 3 heteroatoms. The SMILES string of the molecule is ON=CCc1ccccc1Cc1ccc(Br)cc1. The topological polar surface area (TPSA) is 32.6 Å². The molecule has 0 bridgehead atoms. The van der Waals surface area contributed by atoms with E-state index >= 15 is 0 Å². The van der Waals surface area contributed by atoms with E-state index in [1.54, 1.807) is 0 Å². The molecule has 0 unspecified atom stereocenters. The minimum atomic E-state index is 0.656. The lowest BCUT2D eigenvalue weighted by Gasteiger charge is -2.07. The van der Waals surface area contributed by atoms with Crippen LogP contribution in [-0.2, 0) is 12.8 Å². The molecule has 2 nitrogen and oxygen atoms in total. The minimum Gasteiger partial charge on any atom is -0.411 e. The van der Waals surface area contributed by atoms with Gasteiger partial charge in [-0.3, -0.25) is 0 Å². The highest BCUT2D eigenvalue weighted by atomic mass is 79.9. The first-order valence-corrected chi connectivity index (χ1v) is 6.56. The fraction of sp³-hybridized carbons (Fsp3) is 0.133. The Kier molecular flexibility index (Phi) is 4.53. The Balaban J connectivity index is 2.20. The fourth-order valence-electron chi connectivity index (χ4n) is 1.89. The van der Waals surface area contributed by atoms with Crippen molar-refractivity contribution in [2.45, 2.75) is 12.8 Å². The van der Waals surface area contributed by atoms with Crippen LogP contribution >= 0.6 is 15.9 Å². The van der Waals surface area contributed by atoms with Crippen LogP contribution in [-0.4, -0.2) is 11.4 Å². The van der Waals surface area contributed by atoms with Crippen molar-refractivity contribution in [3.63, 3.8) is 0 Å². The molecule has 2 rings (SSSR count). The second kappa shape index (κ2) is 6.36. The number of nitrogens with zero attached hydrogens (tertiary/aromatic N) is 1. The number of benzene rings is 2. The summed E-state index contributed by atoms with van der Waals surface area (Å²) >= 11 is 3.43. The second-order valence-corrected chi connectivity index (χ2v) is 4.99. The van der Waals surface area contributed by atoms with E-state index in [0.717, 1.165) is 10.9 Å². The van der Waals surface area contributed by atoms with Gasteiger partial charge in [0, 0.05) is 17.1 Å². The number of oxime groups is 1. The van der Waals surface area contributed by atoms with Crippen molar-refractivity contribution in [2.75, 3.05) is 0 Å².